The minimum Gasteiger partial charge on any atom is -0.507 e. The van der Waals surface area contributed by atoms with Crippen LogP contribution in [0.5, 0.6) is 5.75 Å². The summed E-state index contributed by atoms with van der Waals surface area (Å²) in [5, 5.41) is 9.64. The van der Waals surface area contributed by atoms with Gasteiger partial charge in [-0.05, 0) is 35.9 Å². The number of phenols is 1. The highest BCUT2D eigenvalue weighted by Crippen LogP contribution is 2.34. The van der Waals surface area contributed by atoms with Crippen LogP contribution in [0, 0.1) is 0 Å². The topological polar surface area (TPSA) is 46.2 Å². The molecule has 0 atom stereocenters. The van der Waals surface area contributed by atoms with Crippen LogP contribution in [0.15, 0.2) is 42.5 Å². The minimum absolute atomic E-state index is 0. The van der Waals surface area contributed by atoms with Crippen LogP contribution < -0.4 is 5.73 Å². The summed E-state index contributed by atoms with van der Waals surface area (Å²) in [5.41, 5.74) is 6.16. The van der Waals surface area contributed by atoms with Gasteiger partial charge in [0.05, 0.1) is 5.56 Å². The molecule has 0 aliphatic rings. The van der Waals surface area contributed by atoms with Gasteiger partial charge in [0, 0.05) is 11.3 Å². The number of alkyl halides is 3. The highest BCUT2D eigenvalue weighted by molar-refractivity contribution is 5.85. The van der Waals surface area contributed by atoms with Crippen molar-refractivity contribution in [1.29, 1.82) is 0 Å². The van der Waals surface area contributed by atoms with E-state index in [1.165, 1.54) is 30.3 Å². The fourth-order valence-corrected chi connectivity index (χ4v) is 1.62. The molecule has 3 N–H and O–H groups in total. The van der Waals surface area contributed by atoms with E-state index < -0.39 is 11.7 Å². The number of rotatable bonds is 1. The molecular weight excluding hydrogens is 279 g/mol. The lowest BCUT2D eigenvalue weighted by molar-refractivity contribution is -0.137. The first kappa shape index (κ1) is 15.2. The molecule has 0 saturated carbocycles. The van der Waals surface area contributed by atoms with Gasteiger partial charge in [0.2, 0.25) is 0 Å². The molecule has 2 aromatic carbocycles. The number of aromatic hydroxyl groups is 1. The second kappa shape index (κ2) is 5.40. The van der Waals surface area contributed by atoms with Crippen molar-refractivity contribution in [3.63, 3.8) is 0 Å². The Morgan fingerprint density at radius 1 is 0.947 bits per heavy atom. The number of hydrogen-bond acceptors (Lipinski definition) is 2. The summed E-state index contributed by atoms with van der Waals surface area (Å²) in [7, 11) is 0. The van der Waals surface area contributed by atoms with E-state index in [9.17, 15) is 18.3 Å². The highest BCUT2D eigenvalue weighted by Gasteiger charge is 2.30. The smallest absolute Gasteiger partial charge is 0.416 e. The second-order valence-electron chi connectivity index (χ2n) is 3.85. The number of phenolic OH excluding ortho intramolecular Hbond substituents is 1. The molecule has 0 spiro atoms. The van der Waals surface area contributed by atoms with Gasteiger partial charge in [0.15, 0.2) is 0 Å². The highest BCUT2D eigenvalue weighted by atomic mass is 35.5. The number of halogens is 4. The van der Waals surface area contributed by atoms with Crippen LogP contribution in [0.2, 0.25) is 0 Å². The van der Waals surface area contributed by atoms with Gasteiger partial charge in [-0.2, -0.15) is 13.2 Å². The average Bonchev–Trinajstić information content (AvgIpc) is 2.31. The molecule has 0 aliphatic carbocycles. The van der Waals surface area contributed by atoms with Crippen LogP contribution in [-0.4, -0.2) is 5.11 Å². The fraction of sp³-hybridized carbons (Fsp3) is 0.0769. The SMILES string of the molecule is Cl.Nc1ccc(O)c(-c2ccc(C(F)(F)F)cc2)c1. The lowest BCUT2D eigenvalue weighted by atomic mass is 10.0. The molecule has 0 radical (unpaired) electrons. The predicted molar refractivity (Wildman–Crippen MR) is 70.2 cm³/mol. The molecule has 0 heterocycles. The molecular formula is C13H11ClF3NO. The third-order valence-corrected chi connectivity index (χ3v) is 2.54. The van der Waals surface area contributed by atoms with Crippen molar-refractivity contribution >= 4 is 18.1 Å². The lowest BCUT2D eigenvalue weighted by Gasteiger charge is -2.09. The van der Waals surface area contributed by atoms with E-state index >= 15 is 0 Å². The maximum absolute atomic E-state index is 12.4. The van der Waals surface area contributed by atoms with Crippen LogP contribution in [-0.2, 0) is 6.18 Å². The molecule has 2 nitrogen and oxygen atoms in total. The fourth-order valence-electron chi connectivity index (χ4n) is 1.62. The third kappa shape index (κ3) is 3.32. The number of nitrogens with two attached hydrogens (primary N) is 1. The summed E-state index contributed by atoms with van der Waals surface area (Å²) in [5.74, 6) is -0.0241. The summed E-state index contributed by atoms with van der Waals surface area (Å²) in [6.07, 6.45) is -4.36. The lowest BCUT2D eigenvalue weighted by Crippen LogP contribution is -2.04. The summed E-state index contributed by atoms with van der Waals surface area (Å²) >= 11 is 0. The van der Waals surface area contributed by atoms with Crippen molar-refractivity contribution < 1.29 is 18.3 Å². The third-order valence-electron chi connectivity index (χ3n) is 2.54. The number of anilines is 1. The van der Waals surface area contributed by atoms with Crippen LogP contribution >= 0.6 is 12.4 Å². The standard InChI is InChI=1S/C13H10F3NO.ClH/c14-13(15,16)9-3-1-8(2-4-9)11-7-10(17)5-6-12(11)18;/h1-7,18H,17H2;1H. The van der Waals surface area contributed by atoms with Crippen LogP contribution in [0.4, 0.5) is 18.9 Å². The minimum atomic E-state index is -4.36. The van der Waals surface area contributed by atoms with Crippen LogP contribution in [0.25, 0.3) is 11.1 Å². The van der Waals surface area contributed by atoms with E-state index in [-0.39, 0.29) is 18.2 Å². The Morgan fingerprint density at radius 3 is 2.05 bits per heavy atom. The maximum Gasteiger partial charge on any atom is 0.416 e. The van der Waals surface area contributed by atoms with Gasteiger partial charge in [-0.25, -0.2) is 0 Å². The van der Waals surface area contributed by atoms with Gasteiger partial charge in [0.1, 0.15) is 5.75 Å². The van der Waals surface area contributed by atoms with Crippen molar-refractivity contribution in [2.45, 2.75) is 6.18 Å². The van der Waals surface area contributed by atoms with E-state index in [0.29, 0.717) is 16.8 Å². The second-order valence-corrected chi connectivity index (χ2v) is 3.85. The summed E-state index contributed by atoms with van der Waals surface area (Å²) in [6, 6.07) is 8.98. The maximum atomic E-state index is 12.4. The molecule has 2 rings (SSSR count). The van der Waals surface area contributed by atoms with Crippen molar-refractivity contribution in [3.8, 4) is 16.9 Å². The zero-order valence-electron chi connectivity index (χ0n) is 9.61. The summed E-state index contributed by atoms with van der Waals surface area (Å²) < 4.78 is 37.2. The van der Waals surface area contributed by atoms with Gasteiger partial charge in [-0.3, -0.25) is 0 Å². The van der Waals surface area contributed by atoms with E-state index in [1.54, 1.807) is 0 Å². The Balaban J connectivity index is 0.00000180. The van der Waals surface area contributed by atoms with Crippen molar-refractivity contribution in [3.05, 3.63) is 48.0 Å². The Bertz CT molecular complexity index is 567. The number of hydrogen-bond donors (Lipinski definition) is 2. The van der Waals surface area contributed by atoms with Gasteiger partial charge < -0.3 is 10.8 Å². The molecule has 6 heteroatoms. The summed E-state index contributed by atoms with van der Waals surface area (Å²) in [4.78, 5) is 0. The first-order valence-electron chi connectivity index (χ1n) is 5.14. The Hall–Kier alpha value is -1.88. The number of benzene rings is 2. The Labute approximate surface area is 114 Å². The quantitative estimate of drug-likeness (QED) is 0.614. The van der Waals surface area contributed by atoms with Crippen LogP contribution in [0.1, 0.15) is 5.56 Å². The van der Waals surface area contributed by atoms with Gasteiger partial charge in [-0.1, -0.05) is 12.1 Å². The molecule has 0 aromatic heterocycles. The first-order valence-corrected chi connectivity index (χ1v) is 5.14. The van der Waals surface area contributed by atoms with Crippen molar-refractivity contribution in [2.24, 2.45) is 0 Å². The zero-order chi connectivity index (χ0) is 13.3. The molecule has 0 fully saturated rings. The molecule has 102 valence electrons. The molecule has 0 aliphatic heterocycles. The first-order chi connectivity index (χ1) is 8.38. The molecule has 0 amide bonds. The summed E-state index contributed by atoms with van der Waals surface area (Å²) in [6.45, 7) is 0. The van der Waals surface area contributed by atoms with E-state index in [4.69, 9.17) is 5.73 Å². The monoisotopic (exact) mass is 289 g/mol. The van der Waals surface area contributed by atoms with Crippen molar-refractivity contribution in [1.82, 2.24) is 0 Å². The Kier molecular flexibility index (Phi) is 4.32. The molecule has 0 unspecified atom stereocenters. The molecule has 2 aromatic rings. The molecule has 19 heavy (non-hydrogen) atoms. The van der Waals surface area contributed by atoms with Gasteiger partial charge in [-0.15, -0.1) is 12.4 Å². The Morgan fingerprint density at radius 2 is 1.53 bits per heavy atom. The van der Waals surface area contributed by atoms with E-state index in [0.717, 1.165) is 12.1 Å². The zero-order valence-corrected chi connectivity index (χ0v) is 10.4. The normalized spacial score (nSPS) is 10.9. The predicted octanol–water partition coefficient (Wildman–Crippen LogP) is 4.08. The largest absolute Gasteiger partial charge is 0.507 e. The average molecular weight is 290 g/mol. The number of nitrogen functional groups attached to an aromatic ring is 1. The molecule has 0 bridgehead atoms. The van der Waals surface area contributed by atoms with E-state index in [1.807, 2.05) is 0 Å². The van der Waals surface area contributed by atoms with Gasteiger partial charge >= 0.3 is 6.18 Å². The van der Waals surface area contributed by atoms with Crippen LogP contribution in [0.3, 0.4) is 0 Å². The van der Waals surface area contributed by atoms with Gasteiger partial charge in [0.25, 0.3) is 0 Å². The van der Waals surface area contributed by atoms with Crippen molar-refractivity contribution in [2.75, 3.05) is 5.73 Å². The molecule has 0 saturated heterocycles. The van der Waals surface area contributed by atoms with E-state index in [2.05, 4.69) is 0 Å².